The van der Waals surface area contributed by atoms with E-state index in [0.717, 1.165) is 17.2 Å². The predicted octanol–water partition coefficient (Wildman–Crippen LogP) is 4.89. The summed E-state index contributed by atoms with van der Waals surface area (Å²) >= 11 is 0. The van der Waals surface area contributed by atoms with Gasteiger partial charge in [-0.3, -0.25) is 0 Å². The standard InChI is InChI=1S/C22H22O3/c1-23-19-10-4-16(5-11-19)22(17-6-12-20(24-2)13-7-17)18-8-14-21(25-3)15-9-18/h4-15,22H,1-3H3. The summed E-state index contributed by atoms with van der Waals surface area (Å²) in [5.41, 5.74) is 3.61. The van der Waals surface area contributed by atoms with Crippen LogP contribution in [0.2, 0.25) is 0 Å². The van der Waals surface area contributed by atoms with Crippen molar-refractivity contribution in [2.75, 3.05) is 21.3 Å². The predicted molar refractivity (Wildman–Crippen MR) is 99.9 cm³/mol. The maximum Gasteiger partial charge on any atom is 0.118 e. The molecule has 0 radical (unpaired) electrons. The van der Waals surface area contributed by atoms with Crippen molar-refractivity contribution in [2.24, 2.45) is 0 Å². The summed E-state index contributed by atoms with van der Waals surface area (Å²) in [6, 6.07) is 24.6. The Morgan fingerprint density at radius 3 is 0.880 bits per heavy atom. The molecule has 0 unspecified atom stereocenters. The molecule has 0 N–H and O–H groups in total. The van der Waals surface area contributed by atoms with Crippen LogP contribution in [0.5, 0.6) is 17.2 Å². The van der Waals surface area contributed by atoms with Gasteiger partial charge in [-0.15, -0.1) is 0 Å². The minimum Gasteiger partial charge on any atom is -0.497 e. The highest BCUT2D eigenvalue weighted by Gasteiger charge is 2.17. The molecule has 25 heavy (non-hydrogen) atoms. The zero-order valence-electron chi connectivity index (χ0n) is 14.7. The Kier molecular flexibility index (Phi) is 5.24. The first-order valence-electron chi connectivity index (χ1n) is 8.17. The average Bonchev–Trinajstić information content (AvgIpc) is 2.70. The van der Waals surface area contributed by atoms with Gasteiger partial charge >= 0.3 is 0 Å². The van der Waals surface area contributed by atoms with Gasteiger partial charge in [-0.05, 0) is 53.1 Å². The second-order valence-electron chi connectivity index (χ2n) is 5.75. The van der Waals surface area contributed by atoms with Gasteiger partial charge in [0.15, 0.2) is 0 Å². The SMILES string of the molecule is COc1ccc(C(c2ccc(OC)cc2)c2ccc(OC)cc2)cc1. The fraction of sp³-hybridized carbons (Fsp3) is 0.182. The summed E-state index contributed by atoms with van der Waals surface area (Å²) < 4.78 is 15.9. The van der Waals surface area contributed by atoms with E-state index < -0.39 is 0 Å². The van der Waals surface area contributed by atoms with Crippen molar-refractivity contribution in [3.63, 3.8) is 0 Å². The van der Waals surface area contributed by atoms with Crippen LogP contribution < -0.4 is 14.2 Å². The van der Waals surface area contributed by atoms with Gasteiger partial charge < -0.3 is 14.2 Å². The van der Waals surface area contributed by atoms with Gasteiger partial charge in [-0.1, -0.05) is 36.4 Å². The quantitative estimate of drug-likeness (QED) is 0.601. The molecule has 3 rings (SSSR count). The van der Waals surface area contributed by atoms with E-state index in [-0.39, 0.29) is 5.92 Å². The van der Waals surface area contributed by atoms with E-state index in [1.807, 2.05) is 36.4 Å². The first-order valence-corrected chi connectivity index (χ1v) is 8.17. The van der Waals surface area contributed by atoms with Crippen LogP contribution in [0.1, 0.15) is 22.6 Å². The largest absolute Gasteiger partial charge is 0.497 e. The van der Waals surface area contributed by atoms with Crippen molar-refractivity contribution in [3.8, 4) is 17.2 Å². The summed E-state index contributed by atoms with van der Waals surface area (Å²) in [4.78, 5) is 0. The van der Waals surface area contributed by atoms with E-state index in [4.69, 9.17) is 14.2 Å². The van der Waals surface area contributed by atoms with Gasteiger partial charge in [0.25, 0.3) is 0 Å². The third-order valence-corrected chi connectivity index (χ3v) is 4.35. The van der Waals surface area contributed by atoms with Crippen molar-refractivity contribution < 1.29 is 14.2 Å². The molecule has 0 aliphatic rings. The molecule has 3 heteroatoms. The lowest BCUT2D eigenvalue weighted by Crippen LogP contribution is -2.03. The molecule has 3 aromatic carbocycles. The normalized spacial score (nSPS) is 10.6. The molecule has 3 aromatic rings. The van der Waals surface area contributed by atoms with Crippen LogP contribution in [0, 0.1) is 0 Å². The molecule has 0 aliphatic heterocycles. The lowest BCUT2D eigenvalue weighted by atomic mass is 9.85. The lowest BCUT2D eigenvalue weighted by Gasteiger charge is -2.20. The van der Waals surface area contributed by atoms with Crippen LogP contribution >= 0.6 is 0 Å². The monoisotopic (exact) mass is 334 g/mol. The minimum atomic E-state index is 0.128. The van der Waals surface area contributed by atoms with E-state index in [0.29, 0.717) is 0 Å². The summed E-state index contributed by atoms with van der Waals surface area (Å²) in [6.07, 6.45) is 0. The number of rotatable bonds is 6. The lowest BCUT2D eigenvalue weighted by molar-refractivity contribution is 0.414. The molecular weight excluding hydrogens is 312 g/mol. The summed E-state index contributed by atoms with van der Waals surface area (Å²) in [7, 11) is 5.04. The highest BCUT2D eigenvalue weighted by molar-refractivity contribution is 5.46. The molecule has 0 aliphatic carbocycles. The first-order chi connectivity index (χ1) is 12.2. The van der Waals surface area contributed by atoms with Crippen LogP contribution in [0.3, 0.4) is 0 Å². The number of hydrogen-bond donors (Lipinski definition) is 0. The first kappa shape index (κ1) is 16.9. The maximum atomic E-state index is 5.29. The van der Waals surface area contributed by atoms with Gasteiger partial charge in [0.1, 0.15) is 17.2 Å². The number of benzene rings is 3. The minimum absolute atomic E-state index is 0.128. The Morgan fingerprint density at radius 2 is 0.680 bits per heavy atom. The van der Waals surface area contributed by atoms with Crippen molar-refractivity contribution in [1.29, 1.82) is 0 Å². The maximum absolute atomic E-state index is 5.29. The molecular formula is C22H22O3. The Bertz CT molecular complexity index is 677. The van der Waals surface area contributed by atoms with E-state index in [1.165, 1.54) is 16.7 Å². The smallest absolute Gasteiger partial charge is 0.118 e. The van der Waals surface area contributed by atoms with Crippen molar-refractivity contribution >= 4 is 0 Å². The van der Waals surface area contributed by atoms with Crippen LogP contribution in [0.4, 0.5) is 0 Å². The van der Waals surface area contributed by atoms with Crippen LogP contribution in [0.15, 0.2) is 72.8 Å². The zero-order chi connectivity index (χ0) is 17.6. The average molecular weight is 334 g/mol. The second-order valence-corrected chi connectivity index (χ2v) is 5.75. The third kappa shape index (κ3) is 3.77. The summed E-state index contributed by atoms with van der Waals surface area (Å²) in [5.74, 6) is 2.69. The van der Waals surface area contributed by atoms with E-state index in [9.17, 15) is 0 Å². The molecule has 0 saturated heterocycles. The Hall–Kier alpha value is -2.94. The third-order valence-electron chi connectivity index (χ3n) is 4.35. The Balaban J connectivity index is 2.04. The molecule has 0 heterocycles. The van der Waals surface area contributed by atoms with E-state index in [1.54, 1.807) is 21.3 Å². The highest BCUT2D eigenvalue weighted by atomic mass is 16.5. The van der Waals surface area contributed by atoms with E-state index in [2.05, 4.69) is 36.4 Å². The fourth-order valence-electron chi connectivity index (χ4n) is 2.97. The van der Waals surface area contributed by atoms with Gasteiger partial charge in [0.05, 0.1) is 21.3 Å². The molecule has 0 bridgehead atoms. The fourth-order valence-corrected chi connectivity index (χ4v) is 2.97. The van der Waals surface area contributed by atoms with Crippen LogP contribution in [0.25, 0.3) is 0 Å². The van der Waals surface area contributed by atoms with Gasteiger partial charge in [0.2, 0.25) is 0 Å². The molecule has 0 aromatic heterocycles. The summed E-state index contributed by atoms with van der Waals surface area (Å²) in [6.45, 7) is 0. The summed E-state index contributed by atoms with van der Waals surface area (Å²) in [5, 5.41) is 0. The molecule has 0 fully saturated rings. The molecule has 0 saturated carbocycles. The number of hydrogen-bond acceptors (Lipinski definition) is 3. The zero-order valence-corrected chi connectivity index (χ0v) is 14.7. The van der Waals surface area contributed by atoms with Crippen molar-refractivity contribution in [1.82, 2.24) is 0 Å². The second kappa shape index (κ2) is 7.75. The molecule has 3 nitrogen and oxygen atoms in total. The van der Waals surface area contributed by atoms with Crippen molar-refractivity contribution in [2.45, 2.75) is 5.92 Å². The van der Waals surface area contributed by atoms with Gasteiger partial charge in [-0.25, -0.2) is 0 Å². The van der Waals surface area contributed by atoms with Crippen LogP contribution in [-0.4, -0.2) is 21.3 Å². The molecule has 0 atom stereocenters. The topological polar surface area (TPSA) is 27.7 Å². The van der Waals surface area contributed by atoms with E-state index >= 15 is 0 Å². The molecule has 0 amide bonds. The molecule has 128 valence electrons. The van der Waals surface area contributed by atoms with Crippen molar-refractivity contribution in [3.05, 3.63) is 89.5 Å². The molecule has 0 spiro atoms. The number of ether oxygens (including phenoxy) is 3. The number of methoxy groups -OCH3 is 3. The van der Waals surface area contributed by atoms with Gasteiger partial charge in [0, 0.05) is 5.92 Å². The highest BCUT2D eigenvalue weighted by Crippen LogP contribution is 2.34. The Labute approximate surface area is 148 Å². The van der Waals surface area contributed by atoms with Crippen LogP contribution in [-0.2, 0) is 0 Å². The van der Waals surface area contributed by atoms with Gasteiger partial charge in [-0.2, -0.15) is 0 Å². The Morgan fingerprint density at radius 1 is 0.440 bits per heavy atom.